The number of hydrogen-bond acceptors (Lipinski definition) is 4. The molecule has 0 radical (unpaired) electrons. The van der Waals surface area contributed by atoms with Crippen LogP contribution in [0.15, 0.2) is 54.7 Å². The van der Waals surface area contributed by atoms with E-state index in [1.54, 1.807) is 11.8 Å². The van der Waals surface area contributed by atoms with Crippen molar-refractivity contribution in [3.05, 3.63) is 65.9 Å². The van der Waals surface area contributed by atoms with Crippen molar-refractivity contribution in [1.29, 1.82) is 0 Å². The Balaban J connectivity index is 1.68. The van der Waals surface area contributed by atoms with Crippen molar-refractivity contribution in [3.8, 4) is 17.2 Å². The highest BCUT2D eigenvalue weighted by Crippen LogP contribution is 2.38. The topological polar surface area (TPSA) is 65.4 Å². The minimum absolute atomic E-state index is 0.0183. The summed E-state index contributed by atoms with van der Waals surface area (Å²) in [7, 11) is 1.63. The number of anilines is 1. The SMILES string of the molecule is COc1ccc(-n2ncc3c2NC(=O)CC3c2ccc(OC(C)C)cc2)cc1. The molecule has 6 heteroatoms. The minimum Gasteiger partial charge on any atom is -0.497 e. The lowest BCUT2D eigenvalue weighted by molar-refractivity contribution is -0.116. The van der Waals surface area contributed by atoms with Crippen molar-refractivity contribution >= 4 is 11.7 Å². The van der Waals surface area contributed by atoms with E-state index in [4.69, 9.17) is 9.47 Å². The monoisotopic (exact) mass is 377 g/mol. The predicted molar refractivity (Wildman–Crippen MR) is 107 cm³/mol. The summed E-state index contributed by atoms with van der Waals surface area (Å²) in [5, 5.41) is 7.51. The van der Waals surface area contributed by atoms with Gasteiger partial charge >= 0.3 is 0 Å². The smallest absolute Gasteiger partial charge is 0.226 e. The molecule has 1 unspecified atom stereocenters. The van der Waals surface area contributed by atoms with Gasteiger partial charge in [-0.05, 0) is 55.8 Å². The maximum Gasteiger partial charge on any atom is 0.226 e. The molecule has 2 aromatic carbocycles. The lowest BCUT2D eigenvalue weighted by Gasteiger charge is -2.24. The largest absolute Gasteiger partial charge is 0.497 e. The zero-order valence-corrected chi connectivity index (χ0v) is 16.2. The number of carbonyl (C=O) groups is 1. The minimum atomic E-state index is -0.0381. The average molecular weight is 377 g/mol. The standard InChI is InChI=1S/C22H23N3O3/c1-14(2)28-18-8-4-15(5-9-18)19-12-21(26)24-22-20(19)13-23-25(22)16-6-10-17(27-3)11-7-16/h4-11,13-14,19H,12H2,1-3H3,(H,24,26). The predicted octanol–water partition coefficient (Wildman–Crippen LogP) is 4.14. The molecule has 2 heterocycles. The molecule has 0 aliphatic carbocycles. The first kappa shape index (κ1) is 18.1. The second-order valence-corrected chi connectivity index (χ2v) is 7.10. The van der Waals surface area contributed by atoms with Crippen molar-refractivity contribution in [2.24, 2.45) is 0 Å². The number of benzene rings is 2. The highest BCUT2D eigenvalue weighted by atomic mass is 16.5. The Morgan fingerprint density at radius 3 is 2.39 bits per heavy atom. The molecule has 6 nitrogen and oxygen atoms in total. The number of amides is 1. The molecule has 1 aliphatic rings. The number of rotatable bonds is 5. The molecular weight excluding hydrogens is 354 g/mol. The van der Waals surface area contributed by atoms with Gasteiger partial charge in [-0.25, -0.2) is 4.68 Å². The number of methoxy groups -OCH3 is 1. The number of aromatic nitrogens is 2. The molecule has 0 spiro atoms. The molecule has 144 valence electrons. The van der Waals surface area contributed by atoms with Crippen molar-refractivity contribution in [2.75, 3.05) is 12.4 Å². The van der Waals surface area contributed by atoms with Crippen LogP contribution in [0.2, 0.25) is 0 Å². The van der Waals surface area contributed by atoms with Crippen LogP contribution in [0.25, 0.3) is 5.69 Å². The van der Waals surface area contributed by atoms with E-state index in [1.165, 1.54) is 0 Å². The quantitative estimate of drug-likeness (QED) is 0.726. The third kappa shape index (κ3) is 3.45. The van der Waals surface area contributed by atoms with Crippen LogP contribution in [0.5, 0.6) is 11.5 Å². The molecule has 1 amide bonds. The van der Waals surface area contributed by atoms with E-state index in [0.29, 0.717) is 12.2 Å². The number of nitrogens with one attached hydrogen (secondary N) is 1. The first-order valence-electron chi connectivity index (χ1n) is 9.34. The zero-order chi connectivity index (χ0) is 19.7. The highest BCUT2D eigenvalue weighted by molar-refractivity contribution is 5.94. The van der Waals surface area contributed by atoms with Crippen LogP contribution < -0.4 is 14.8 Å². The fourth-order valence-electron chi connectivity index (χ4n) is 3.49. The van der Waals surface area contributed by atoms with Crippen LogP contribution in [-0.2, 0) is 4.79 Å². The second-order valence-electron chi connectivity index (χ2n) is 7.10. The Morgan fingerprint density at radius 1 is 1.07 bits per heavy atom. The summed E-state index contributed by atoms with van der Waals surface area (Å²) in [5.41, 5.74) is 2.94. The Morgan fingerprint density at radius 2 is 1.75 bits per heavy atom. The summed E-state index contributed by atoms with van der Waals surface area (Å²) < 4.78 is 12.7. The second kappa shape index (κ2) is 7.38. The summed E-state index contributed by atoms with van der Waals surface area (Å²) in [4.78, 5) is 12.4. The molecule has 3 aromatic rings. The van der Waals surface area contributed by atoms with Crippen LogP contribution in [0, 0.1) is 0 Å². The third-order valence-electron chi connectivity index (χ3n) is 4.79. The molecule has 1 aliphatic heterocycles. The number of hydrogen-bond donors (Lipinski definition) is 1. The van der Waals surface area contributed by atoms with Crippen molar-refractivity contribution in [1.82, 2.24) is 9.78 Å². The molecule has 1 atom stereocenters. The molecule has 0 saturated carbocycles. The summed E-state index contributed by atoms with van der Waals surface area (Å²) in [5.74, 6) is 2.26. The Labute approximate surface area is 164 Å². The maximum absolute atomic E-state index is 12.4. The number of fused-ring (bicyclic) bond motifs is 1. The summed E-state index contributed by atoms with van der Waals surface area (Å²) in [6, 6.07) is 15.5. The molecular formula is C22H23N3O3. The van der Waals surface area contributed by atoms with Crippen molar-refractivity contribution in [3.63, 3.8) is 0 Å². The number of ether oxygens (including phenoxy) is 2. The van der Waals surface area contributed by atoms with Gasteiger partial charge in [0.15, 0.2) is 0 Å². The van der Waals surface area contributed by atoms with Crippen molar-refractivity contribution in [2.45, 2.75) is 32.3 Å². The lowest BCUT2D eigenvalue weighted by Crippen LogP contribution is -2.24. The van der Waals surface area contributed by atoms with E-state index in [9.17, 15) is 4.79 Å². The van der Waals surface area contributed by atoms with Gasteiger partial charge in [0.2, 0.25) is 5.91 Å². The van der Waals surface area contributed by atoms with Gasteiger partial charge in [-0.1, -0.05) is 12.1 Å². The lowest BCUT2D eigenvalue weighted by atomic mass is 9.87. The van der Waals surface area contributed by atoms with E-state index < -0.39 is 0 Å². The highest BCUT2D eigenvalue weighted by Gasteiger charge is 2.30. The van der Waals surface area contributed by atoms with E-state index in [2.05, 4.69) is 10.4 Å². The molecule has 0 fully saturated rings. The summed E-state index contributed by atoms with van der Waals surface area (Å²) in [6.45, 7) is 4.00. The number of carbonyl (C=O) groups excluding carboxylic acids is 1. The van der Waals surface area contributed by atoms with Crippen molar-refractivity contribution < 1.29 is 14.3 Å². The average Bonchev–Trinajstić information content (AvgIpc) is 3.11. The van der Waals surface area contributed by atoms with E-state index in [-0.39, 0.29) is 17.9 Å². The van der Waals surface area contributed by atoms with Crippen LogP contribution in [0.3, 0.4) is 0 Å². The summed E-state index contributed by atoms with van der Waals surface area (Å²) >= 11 is 0. The normalized spacial score (nSPS) is 15.9. The Bertz CT molecular complexity index is 975. The van der Waals surface area contributed by atoms with Gasteiger partial charge in [0, 0.05) is 17.9 Å². The maximum atomic E-state index is 12.4. The van der Waals surface area contributed by atoms with Gasteiger partial charge in [-0.15, -0.1) is 0 Å². The van der Waals surface area contributed by atoms with Crippen LogP contribution in [0.4, 0.5) is 5.82 Å². The first-order chi connectivity index (χ1) is 13.5. The molecule has 28 heavy (non-hydrogen) atoms. The van der Waals surface area contributed by atoms with Gasteiger partial charge in [0.05, 0.1) is 25.1 Å². The zero-order valence-electron chi connectivity index (χ0n) is 16.2. The van der Waals surface area contributed by atoms with E-state index in [0.717, 1.165) is 28.3 Å². The van der Waals surface area contributed by atoms with Gasteiger partial charge in [0.1, 0.15) is 17.3 Å². The van der Waals surface area contributed by atoms with Crippen LogP contribution >= 0.6 is 0 Å². The summed E-state index contributed by atoms with van der Waals surface area (Å²) in [6.07, 6.45) is 2.36. The van der Waals surface area contributed by atoms with E-state index in [1.807, 2.05) is 68.6 Å². The van der Waals surface area contributed by atoms with Gasteiger partial charge in [-0.3, -0.25) is 4.79 Å². The van der Waals surface area contributed by atoms with Gasteiger partial charge in [0.25, 0.3) is 0 Å². The molecule has 1 N–H and O–H groups in total. The Kier molecular flexibility index (Phi) is 4.77. The van der Waals surface area contributed by atoms with E-state index >= 15 is 0 Å². The molecule has 0 bridgehead atoms. The first-order valence-corrected chi connectivity index (χ1v) is 9.34. The van der Waals surface area contributed by atoms with Crippen LogP contribution in [-0.4, -0.2) is 28.9 Å². The molecule has 0 saturated heterocycles. The third-order valence-corrected chi connectivity index (χ3v) is 4.79. The molecule has 4 rings (SSSR count). The van der Waals surface area contributed by atoms with Crippen LogP contribution in [0.1, 0.15) is 37.3 Å². The fraction of sp³-hybridized carbons (Fsp3) is 0.273. The van der Waals surface area contributed by atoms with Gasteiger partial charge in [-0.2, -0.15) is 5.10 Å². The Hall–Kier alpha value is -3.28. The van der Waals surface area contributed by atoms with Gasteiger partial charge < -0.3 is 14.8 Å². The molecule has 1 aromatic heterocycles. The fourth-order valence-corrected chi connectivity index (χ4v) is 3.49. The number of nitrogens with zero attached hydrogens (tertiary/aromatic N) is 2.